The van der Waals surface area contributed by atoms with Crippen LogP contribution in [0, 0.1) is 0 Å². The summed E-state index contributed by atoms with van der Waals surface area (Å²) in [5.41, 5.74) is 0. The summed E-state index contributed by atoms with van der Waals surface area (Å²) >= 11 is 1.83. The smallest absolute Gasteiger partial charge is 0.326 e. The highest BCUT2D eigenvalue weighted by Crippen LogP contribution is 2.28. The summed E-state index contributed by atoms with van der Waals surface area (Å²) in [5, 5.41) is 12.5. The van der Waals surface area contributed by atoms with Crippen molar-refractivity contribution in [3.05, 3.63) is 0 Å². The van der Waals surface area contributed by atoms with E-state index in [2.05, 4.69) is 11.6 Å². The first-order valence-corrected chi connectivity index (χ1v) is 7.57. The predicted molar refractivity (Wildman–Crippen MR) is 73.0 cm³/mol. The van der Waals surface area contributed by atoms with Crippen molar-refractivity contribution in [2.24, 2.45) is 0 Å². The number of nitrogens with one attached hydrogen (secondary N) is 1. The minimum Gasteiger partial charge on any atom is -0.480 e. The number of hydrogen-bond donors (Lipinski definition) is 2. The zero-order chi connectivity index (χ0) is 13.7. The monoisotopic (exact) mass is 274 g/mol. The molecule has 0 radical (unpaired) electrons. The number of carboxylic acids is 1. The van der Waals surface area contributed by atoms with Gasteiger partial charge in [-0.3, -0.25) is 0 Å². The molecule has 0 aliphatic heterocycles. The zero-order valence-corrected chi connectivity index (χ0v) is 12.0. The zero-order valence-electron chi connectivity index (χ0n) is 11.2. The summed E-state index contributed by atoms with van der Waals surface area (Å²) in [6.07, 6.45) is 5.57. The Morgan fingerprint density at radius 1 is 1.50 bits per heavy atom. The lowest BCUT2D eigenvalue weighted by Crippen LogP contribution is -2.49. The third kappa shape index (κ3) is 3.80. The van der Waals surface area contributed by atoms with Crippen LogP contribution >= 0.6 is 11.8 Å². The van der Waals surface area contributed by atoms with Gasteiger partial charge in [0, 0.05) is 18.3 Å². The Morgan fingerprint density at radius 3 is 2.61 bits per heavy atom. The number of carbonyl (C=O) groups excluding carboxylic acids is 1. The van der Waals surface area contributed by atoms with Crippen LogP contribution in [0.2, 0.25) is 0 Å². The number of amides is 2. The number of urea groups is 1. The third-order valence-corrected chi connectivity index (χ3v) is 4.60. The molecule has 2 amide bonds. The molecule has 0 aromatic rings. The first-order chi connectivity index (χ1) is 8.49. The molecular formula is C12H22N2O3S. The molecule has 0 spiro atoms. The molecule has 6 heteroatoms. The van der Waals surface area contributed by atoms with Gasteiger partial charge >= 0.3 is 12.0 Å². The number of hydrogen-bond acceptors (Lipinski definition) is 3. The number of likely N-dealkylation sites (N-methyl/N-ethyl adjacent to an activating group) is 1. The molecule has 0 aromatic carbocycles. The van der Waals surface area contributed by atoms with Crippen molar-refractivity contribution in [3.8, 4) is 0 Å². The molecule has 3 unspecified atom stereocenters. The van der Waals surface area contributed by atoms with Gasteiger partial charge in [0.1, 0.15) is 6.04 Å². The molecule has 2 N–H and O–H groups in total. The van der Waals surface area contributed by atoms with E-state index in [4.69, 9.17) is 5.11 Å². The Labute approximate surface area is 112 Å². The molecule has 0 saturated heterocycles. The fraction of sp³-hybridized carbons (Fsp3) is 0.833. The van der Waals surface area contributed by atoms with Gasteiger partial charge in [-0.05, 0) is 31.9 Å². The first kappa shape index (κ1) is 15.1. The summed E-state index contributed by atoms with van der Waals surface area (Å²) in [7, 11) is 1.54. The maximum atomic E-state index is 11.9. The van der Waals surface area contributed by atoms with Crippen LogP contribution in [0.3, 0.4) is 0 Å². The molecule has 1 saturated carbocycles. The molecule has 1 aliphatic rings. The van der Waals surface area contributed by atoms with E-state index in [1.54, 1.807) is 14.0 Å². The maximum Gasteiger partial charge on any atom is 0.326 e. The Balaban J connectivity index is 2.47. The Hall–Kier alpha value is -0.910. The fourth-order valence-corrected chi connectivity index (χ4v) is 3.11. The lowest BCUT2D eigenvalue weighted by Gasteiger charge is -2.25. The summed E-state index contributed by atoms with van der Waals surface area (Å²) in [5.74, 6) is -0.955. The summed E-state index contributed by atoms with van der Waals surface area (Å²) in [6.45, 7) is 1.77. The van der Waals surface area contributed by atoms with Crippen molar-refractivity contribution in [2.45, 2.75) is 49.9 Å². The standard InChI is InChI=1S/C12H22N2O3S/c1-4-10(11(15)16)14(2)12(17)13-8-5-6-9(7-8)18-3/h8-10H,4-7H2,1-3H3,(H,13,17)(H,15,16). The molecule has 1 rings (SSSR count). The third-order valence-electron chi connectivity index (χ3n) is 3.51. The van der Waals surface area contributed by atoms with Crippen LogP contribution in [-0.2, 0) is 4.79 Å². The van der Waals surface area contributed by atoms with Gasteiger partial charge in [-0.2, -0.15) is 11.8 Å². The predicted octanol–water partition coefficient (Wildman–Crippen LogP) is 1.78. The van der Waals surface area contributed by atoms with Crippen molar-refractivity contribution in [1.29, 1.82) is 0 Å². The van der Waals surface area contributed by atoms with Crippen molar-refractivity contribution in [3.63, 3.8) is 0 Å². The van der Waals surface area contributed by atoms with Gasteiger partial charge in [-0.1, -0.05) is 6.92 Å². The average molecular weight is 274 g/mol. The number of carbonyl (C=O) groups is 2. The van der Waals surface area contributed by atoms with Crippen molar-refractivity contribution < 1.29 is 14.7 Å². The lowest BCUT2D eigenvalue weighted by atomic mass is 10.2. The molecule has 18 heavy (non-hydrogen) atoms. The highest BCUT2D eigenvalue weighted by Gasteiger charge is 2.29. The van der Waals surface area contributed by atoms with Crippen LogP contribution in [0.15, 0.2) is 0 Å². The van der Waals surface area contributed by atoms with Gasteiger partial charge in [0.05, 0.1) is 0 Å². The van der Waals surface area contributed by atoms with E-state index in [1.165, 1.54) is 4.90 Å². The van der Waals surface area contributed by atoms with Crippen LogP contribution in [0.25, 0.3) is 0 Å². The van der Waals surface area contributed by atoms with Gasteiger partial charge in [-0.25, -0.2) is 9.59 Å². The lowest BCUT2D eigenvalue weighted by molar-refractivity contribution is -0.141. The van der Waals surface area contributed by atoms with Crippen LogP contribution < -0.4 is 5.32 Å². The fourth-order valence-electron chi connectivity index (χ4n) is 2.32. The Bertz CT molecular complexity index is 312. The minimum atomic E-state index is -0.955. The Morgan fingerprint density at radius 2 is 2.17 bits per heavy atom. The van der Waals surface area contributed by atoms with E-state index >= 15 is 0 Å². The normalized spacial score (nSPS) is 24.6. The van der Waals surface area contributed by atoms with Gasteiger partial charge in [0.15, 0.2) is 0 Å². The average Bonchev–Trinajstić information content (AvgIpc) is 2.77. The number of rotatable bonds is 5. The van der Waals surface area contributed by atoms with Gasteiger partial charge in [0.25, 0.3) is 0 Å². The number of nitrogens with zero attached hydrogens (tertiary/aromatic N) is 1. The van der Waals surface area contributed by atoms with Crippen molar-refractivity contribution >= 4 is 23.8 Å². The van der Waals surface area contributed by atoms with Crippen LogP contribution in [0.4, 0.5) is 4.79 Å². The topological polar surface area (TPSA) is 69.6 Å². The molecule has 5 nitrogen and oxygen atoms in total. The molecule has 104 valence electrons. The minimum absolute atomic E-state index is 0.184. The Kier molecular flexibility index (Phi) is 5.78. The molecule has 0 heterocycles. The van der Waals surface area contributed by atoms with E-state index in [0.717, 1.165) is 19.3 Å². The second kappa shape index (κ2) is 6.87. The number of aliphatic carboxylic acids is 1. The molecule has 0 bridgehead atoms. The van der Waals surface area contributed by atoms with Crippen molar-refractivity contribution in [1.82, 2.24) is 10.2 Å². The maximum absolute atomic E-state index is 11.9. The number of carboxylic acid groups (broad SMARTS) is 1. The van der Waals surface area contributed by atoms with E-state index in [9.17, 15) is 9.59 Å². The van der Waals surface area contributed by atoms with Crippen LogP contribution in [0.1, 0.15) is 32.6 Å². The second-order valence-corrected chi connectivity index (χ2v) is 5.83. The largest absolute Gasteiger partial charge is 0.480 e. The summed E-state index contributed by atoms with van der Waals surface area (Å²) in [6, 6.07) is -0.845. The van der Waals surface area contributed by atoms with Gasteiger partial charge in [-0.15, -0.1) is 0 Å². The second-order valence-electron chi connectivity index (χ2n) is 4.69. The van der Waals surface area contributed by atoms with Crippen LogP contribution in [0.5, 0.6) is 0 Å². The molecule has 1 aliphatic carbocycles. The van der Waals surface area contributed by atoms with E-state index in [1.807, 2.05) is 11.8 Å². The van der Waals surface area contributed by atoms with Crippen LogP contribution in [-0.4, -0.2) is 52.6 Å². The molecule has 0 aromatic heterocycles. The summed E-state index contributed by atoms with van der Waals surface area (Å²) < 4.78 is 0. The molecule has 1 fully saturated rings. The molecular weight excluding hydrogens is 252 g/mol. The SMILES string of the molecule is CCC(C(=O)O)N(C)C(=O)NC1CCC(SC)C1. The first-order valence-electron chi connectivity index (χ1n) is 6.28. The highest BCUT2D eigenvalue weighted by atomic mass is 32.2. The van der Waals surface area contributed by atoms with E-state index in [-0.39, 0.29) is 12.1 Å². The highest BCUT2D eigenvalue weighted by molar-refractivity contribution is 7.99. The summed E-state index contributed by atoms with van der Waals surface area (Å²) in [4.78, 5) is 24.2. The molecule has 3 atom stereocenters. The van der Waals surface area contributed by atoms with Crippen molar-refractivity contribution in [2.75, 3.05) is 13.3 Å². The van der Waals surface area contributed by atoms with Gasteiger partial charge < -0.3 is 15.3 Å². The van der Waals surface area contributed by atoms with Gasteiger partial charge in [0.2, 0.25) is 0 Å². The number of thioether (sulfide) groups is 1. The van der Waals surface area contributed by atoms with E-state index < -0.39 is 12.0 Å². The van der Waals surface area contributed by atoms with E-state index in [0.29, 0.717) is 11.7 Å². The quantitative estimate of drug-likeness (QED) is 0.801.